The van der Waals surface area contributed by atoms with Crippen LogP contribution in [-0.2, 0) is 4.74 Å². The monoisotopic (exact) mass is 326 g/mol. The molecule has 1 aliphatic carbocycles. The van der Waals surface area contributed by atoms with Crippen LogP contribution in [0.15, 0.2) is 52.3 Å². The molecule has 6 nitrogen and oxygen atoms in total. The SMILES string of the molecule is NC(=O)N/N=C/C1=C(N2CCOCC2)C(=C\c2ccccc2)/CC1. The van der Waals surface area contributed by atoms with Crippen LogP contribution >= 0.6 is 0 Å². The Morgan fingerprint density at radius 3 is 2.67 bits per heavy atom. The summed E-state index contributed by atoms with van der Waals surface area (Å²) in [4.78, 5) is 13.1. The zero-order chi connectivity index (χ0) is 16.8. The van der Waals surface area contributed by atoms with Gasteiger partial charge in [0.1, 0.15) is 0 Å². The van der Waals surface area contributed by atoms with Crippen molar-refractivity contribution in [3.8, 4) is 0 Å². The number of carbonyl (C=O) groups excluding carboxylic acids is 1. The maximum atomic E-state index is 10.8. The summed E-state index contributed by atoms with van der Waals surface area (Å²) in [7, 11) is 0. The molecule has 126 valence electrons. The fraction of sp³-hybridized carbons (Fsp3) is 0.333. The minimum atomic E-state index is -0.655. The molecule has 2 amide bonds. The molecule has 3 N–H and O–H groups in total. The summed E-state index contributed by atoms with van der Waals surface area (Å²) in [5.41, 5.74) is 12.1. The summed E-state index contributed by atoms with van der Waals surface area (Å²) in [6.45, 7) is 3.18. The Kier molecular flexibility index (Phi) is 5.28. The van der Waals surface area contributed by atoms with Crippen molar-refractivity contribution >= 4 is 18.3 Å². The first-order chi connectivity index (χ1) is 11.7. The molecule has 1 aliphatic heterocycles. The standard InChI is InChI=1S/C18H22N4O2/c19-18(23)21-20-13-16-7-6-15(12-14-4-2-1-3-5-14)17(16)22-8-10-24-11-9-22/h1-5,12-13H,6-11H2,(H3,19,21,23)/b15-12-,20-13+. The van der Waals surface area contributed by atoms with Crippen LogP contribution in [0.5, 0.6) is 0 Å². The third-order valence-corrected chi connectivity index (χ3v) is 4.13. The van der Waals surface area contributed by atoms with Gasteiger partial charge in [0.25, 0.3) is 0 Å². The summed E-state index contributed by atoms with van der Waals surface area (Å²) in [5.74, 6) is 0. The quantitative estimate of drug-likeness (QED) is 0.657. The molecule has 1 aromatic carbocycles. The first-order valence-electron chi connectivity index (χ1n) is 8.14. The zero-order valence-corrected chi connectivity index (χ0v) is 13.6. The van der Waals surface area contributed by atoms with Crippen molar-refractivity contribution in [3.05, 3.63) is 52.7 Å². The number of carbonyl (C=O) groups is 1. The van der Waals surface area contributed by atoms with E-state index in [2.05, 4.69) is 33.6 Å². The Labute approximate surface area is 141 Å². The van der Waals surface area contributed by atoms with E-state index in [1.54, 1.807) is 6.21 Å². The first-order valence-corrected chi connectivity index (χ1v) is 8.14. The molecule has 1 saturated heterocycles. The lowest BCUT2D eigenvalue weighted by molar-refractivity contribution is 0.0548. The number of nitrogens with one attached hydrogen (secondary N) is 1. The molecule has 0 spiro atoms. The number of hydrogen-bond donors (Lipinski definition) is 2. The Balaban J connectivity index is 1.90. The van der Waals surface area contributed by atoms with Crippen molar-refractivity contribution in [1.29, 1.82) is 0 Å². The van der Waals surface area contributed by atoms with Gasteiger partial charge in [0.05, 0.1) is 19.4 Å². The van der Waals surface area contributed by atoms with Gasteiger partial charge >= 0.3 is 6.03 Å². The fourth-order valence-electron chi connectivity index (χ4n) is 3.10. The summed E-state index contributed by atoms with van der Waals surface area (Å²) in [6.07, 6.45) is 5.79. The highest BCUT2D eigenvalue weighted by Gasteiger charge is 2.25. The number of hydrazone groups is 1. The normalized spacial score (nSPS) is 20.2. The predicted octanol–water partition coefficient (Wildman–Crippen LogP) is 2.10. The van der Waals surface area contributed by atoms with Crippen LogP contribution < -0.4 is 11.2 Å². The molecular weight excluding hydrogens is 304 g/mol. The molecule has 2 aliphatic rings. The molecule has 0 radical (unpaired) electrons. The molecule has 0 saturated carbocycles. The van der Waals surface area contributed by atoms with Crippen molar-refractivity contribution in [2.24, 2.45) is 10.8 Å². The topological polar surface area (TPSA) is 80.0 Å². The van der Waals surface area contributed by atoms with Gasteiger partial charge in [-0.05, 0) is 35.6 Å². The Bertz CT molecular complexity index is 674. The van der Waals surface area contributed by atoms with Gasteiger partial charge in [0.2, 0.25) is 0 Å². The van der Waals surface area contributed by atoms with Crippen LogP contribution in [-0.4, -0.2) is 43.4 Å². The molecule has 3 rings (SSSR count). The van der Waals surface area contributed by atoms with Gasteiger partial charge in [-0.15, -0.1) is 0 Å². The number of nitrogens with zero attached hydrogens (tertiary/aromatic N) is 2. The van der Waals surface area contributed by atoms with Crippen molar-refractivity contribution in [1.82, 2.24) is 10.3 Å². The molecule has 0 unspecified atom stereocenters. The Morgan fingerprint density at radius 2 is 1.96 bits per heavy atom. The van der Waals surface area contributed by atoms with E-state index >= 15 is 0 Å². The number of rotatable bonds is 4. The highest BCUT2D eigenvalue weighted by molar-refractivity contribution is 5.85. The Hall–Kier alpha value is -2.60. The average Bonchev–Trinajstić information content (AvgIpc) is 2.99. The lowest BCUT2D eigenvalue weighted by atomic mass is 10.1. The highest BCUT2D eigenvalue weighted by atomic mass is 16.5. The van der Waals surface area contributed by atoms with E-state index in [4.69, 9.17) is 10.5 Å². The van der Waals surface area contributed by atoms with Crippen LogP contribution in [0.2, 0.25) is 0 Å². The van der Waals surface area contributed by atoms with Gasteiger partial charge in [-0.2, -0.15) is 5.10 Å². The molecule has 6 heteroatoms. The number of ether oxygens (including phenoxy) is 1. The molecule has 0 atom stereocenters. The first kappa shape index (κ1) is 16.3. The van der Waals surface area contributed by atoms with E-state index in [1.165, 1.54) is 16.8 Å². The third kappa shape index (κ3) is 4.02. The minimum absolute atomic E-state index is 0.655. The highest BCUT2D eigenvalue weighted by Crippen LogP contribution is 2.34. The number of morpholine rings is 1. The summed E-state index contributed by atoms with van der Waals surface area (Å²) in [6, 6.07) is 9.65. The van der Waals surface area contributed by atoms with Crippen molar-refractivity contribution in [2.45, 2.75) is 12.8 Å². The number of benzene rings is 1. The smallest absolute Gasteiger partial charge is 0.332 e. The van der Waals surface area contributed by atoms with E-state index in [0.29, 0.717) is 0 Å². The van der Waals surface area contributed by atoms with Crippen LogP contribution in [0.4, 0.5) is 4.79 Å². The molecule has 0 bridgehead atoms. The molecule has 0 aromatic heterocycles. The maximum absolute atomic E-state index is 10.8. The van der Waals surface area contributed by atoms with Crippen LogP contribution in [0.3, 0.4) is 0 Å². The van der Waals surface area contributed by atoms with Gasteiger partial charge < -0.3 is 15.4 Å². The van der Waals surface area contributed by atoms with E-state index in [-0.39, 0.29) is 0 Å². The second-order valence-electron chi connectivity index (χ2n) is 5.79. The molecule has 1 fully saturated rings. The van der Waals surface area contributed by atoms with Gasteiger partial charge in [-0.3, -0.25) is 0 Å². The van der Waals surface area contributed by atoms with Gasteiger partial charge in [-0.1, -0.05) is 30.3 Å². The average molecular weight is 326 g/mol. The van der Waals surface area contributed by atoms with Gasteiger partial charge in [0, 0.05) is 18.8 Å². The molecule has 24 heavy (non-hydrogen) atoms. The molecular formula is C18H22N4O2. The number of primary amides is 1. The van der Waals surface area contributed by atoms with E-state index in [9.17, 15) is 4.79 Å². The van der Waals surface area contributed by atoms with Gasteiger partial charge in [-0.25, -0.2) is 10.2 Å². The fourth-order valence-corrected chi connectivity index (χ4v) is 3.10. The largest absolute Gasteiger partial charge is 0.378 e. The van der Waals surface area contributed by atoms with E-state index in [0.717, 1.165) is 44.7 Å². The predicted molar refractivity (Wildman–Crippen MR) is 94.3 cm³/mol. The lowest BCUT2D eigenvalue weighted by Gasteiger charge is -2.31. The minimum Gasteiger partial charge on any atom is -0.378 e. The number of allylic oxidation sites excluding steroid dienone is 2. The molecule has 1 aromatic rings. The number of hydrogen-bond acceptors (Lipinski definition) is 4. The van der Waals surface area contributed by atoms with Crippen molar-refractivity contribution < 1.29 is 9.53 Å². The zero-order valence-electron chi connectivity index (χ0n) is 13.6. The van der Waals surface area contributed by atoms with Crippen LogP contribution in [0, 0.1) is 0 Å². The number of nitrogens with two attached hydrogens (primary N) is 1. The van der Waals surface area contributed by atoms with Crippen molar-refractivity contribution in [3.63, 3.8) is 0 Å². The van der Waals surface area contributed by atoms with Crippen LogP contribution in [0.25, 0.3) is 6.08 Å². The van der Waals surface area contributed by atoms with E-state index in [1.807, 2.05) is 18.2 Å². The second-order valence-corrected chi connectivity index (χ2v) is 5.79. The number of amides is 2. The van der Waals surface area contributed by atoms with Crippen molar-refractivity contribution in [2.75, 3.05) is 26.3 Å². The summed E-state index contributed by atoms with van der Waals surface area (Å²) < 4.78 is 5.47. The van der Waals surface area contributed by atoms with Crippen LogP contribution in [0.1, 0.15) is 18.4 Å². The Morgan fingerprint density at radius 1 is 1.21 bits per heavy atom. The molecule has 1 heterocycles. The van der Waals surface area contributed by atoms with E-state index < -0.39 is 6.03 Å². The maximum Gasteiger partial charge on any atom is 0.332 e. The third-order valence-electron chi connectivity index (χ3n) is 4.13. The summed E-state index contributed by atoms with van der Waals surface area (Å²) >= 11 is 0. The second kappa shape index (κ2) is 7.79. The van der Waals surface area contributed by atoms with Gasteiger partial charge in [0.15, 0.2) is 0 Å². The lowest BCUT2D eigenvalue weighted by Crippen LogP contribution is -2.36. The number of urea groups is 1. The summed E-state index contributed by atoms with van der Waals surface area (Å²) in [5, 5.41) is 3.95.